The van der Waals surface area contributed by atoms with Crippen LogP contribution < -0.4 is 0 Å². The Morgan fingerprint density at radius 2 is 0.514 bits per heavy atom. The van der Waals surface area contributed by atoms with Crippen molar-refractivity contribution >= 4 is 39.5 Å². The van der Waals surface area contributed by atoms with Gasteiger partial charge in [-0.25, -0.2) is 9.13 Å². The van der Waals surface area contributed by atoms with Crippen molar-refractivity contribution in [1.82, 2.24) is 0 Å². The smallest absolute Gasteiger partial charge is 0.462 e. The maximum absolute atomic E-state index is 13.1. The summed E-state index contributed by atoms with van der Waals surface area (Å²) < 4.78 is 68.8. The SMILES string of the molecule is CCCCCC/C=C\C=C/CCCCCCCC(=O)OC[C@H](COP(=O)(O)OCC(O)COP(=O)(O)OC[C@@H](COC(=O)CCCCCCCCCC(C)C)OC(=O)CCCCCCCCCCCCCCCCCCC(C)C)OC(=O)CCCCCCCCCCCCCCCCCCCCC(C)C. The standard InChI is InChI=1S/C86H164O17P2/c1-8-9-10-11-12-13-14-15-22-29-34-39-46-53-60-67-83(88)96-73-81(102-85(90)69-62-55-47-40-35-30-25-19-17-16-18-23-27-32-37-43-50-57-64-77(2)3)75-100-104(92,93)98-71-80(87)72-99-105(94,95)101-76-82(74-97-84(89)68-61-54-49-42-45-52-59-66-79(6)7)103-86(91)70-63-56-48-41-36-31-26-21-20-24-28-33-38-44-51-58-65-78(4)5/h13-15,22,77-82,87H,8-12,16-21,23-76H2,1-7H3,(H,92,93)(H,94,95)/b14-13-,22-15-/t80?,81-,82-/m1/s1. The Labute approximate surface area is 643 Å². The number of ether oxygens (including phenoxy) is 4. The second-order valence-electron chi connectivity index (χ2n) is 31.7. The minimum Gasteiger partial charge on any atom is -0.462 e. The molecular formula is C86H164O17P2. The maximum Gasteiger partial charge on any atom is 0.472 e. The van der Waals surface area contributed by atoms with Gasteiger partial charge >= 0.3 is 39.5 Å². The summed E-state index contributed by atoms with van der Waals surface area (Å²) >= 11 is 0. The van der Waals surface area contributed by atoms with Crippen LogP contribution in [0, 0.1) is 17.8 Å². The Bertz CT molecular complexity index is 2120. The number of carbonyl (C=O) groups excluding carboxylic acids is 4. The number of phosphoric acid groups is 2. The molecule has 3 unspecified atom stereocenters. The van der Waals surface area contributed by atoms with Crippen molar-refractivity contribution in [3.63, 3.8) is 0 Å². The first kappa shape index (κ1) is 103. The van der Waals surface area contributed by atoms with Crippen LogP contribution in [0.5, 0.6) is 0 Å². The highest BCUT2D eigenvalue weighted by molar-refractivity contribution is 7.47. The van der Waals surface area contributed by atoms with Crippen LogP contribution in [0.1, 0.15) is 427 Å². The molecule has 5 atom stereocenters. The first-order valence-corrected chi connectivity index (χ1v) is 46.7. The molecule has 105 heavy (non-hydrogen) atoms. The van der Waals surface area contributed by atoms with Gasteiger partial charge < -0.3 is 33.8 Å². The van der Waals surface area contributed by atoms with E-state index in [4.69, 9.17) is 37.0 Å². The minimum atomic E-state index is -4.97. The highest BCUT2D eigenvalue weighted by Gasteiger charge is 2.30. The van der Waals surface area contributed by atoms with Gasteiger partial charge in [-0.2, -0.15) is 0 Å². The Hall–Kier alpha value is -2.46. The number of phosphoric ester groups is 2. The number of esters is 4. The van der Waals surface area contributed by atoms with E-state index in [0.29, 0.717) is 31.6 Å². The van der Waals surface area contributed by atoms with Gasteiger partial charge in [0.1, 0.15) is 19.3 Å². The van der Waals surface area contributed by atoms with E-state index in [1.165, 1.54) is 212 Å². The molecule has 0 fully saturated rings. The maximum atomic E-state index is 13.1. The lowest BCUT2D eigenvalue weighted by Crippen LogP contribution is -2.30. The zero-order chi connectivity index (χ0) is 77.2. The largest absolute Gasteiger partial charge is 0.472 e. The number of hydrogen-bond acceptors (Lipinski definition) is 15. The molecule has 0 bridgehead atoms. The molecule has 17 nitrogen and oxygen atoms in total. The number of carbonyl (C=O) groups is 4. The third-order valence-corrected chi connectivity index (χ3v) is 21.4. The molecule has 0 heterocycles. The summed E-state index contributed by atoms with van der Waals surface area (Å²) in [5.41, 5.74) is 0. The van der Waals surface area contributed by atoms with Gasteiger partial charge in [0.15, 0.2) is 12.2 Å². The number of aliphatic hydroxyl groups excluding tert-OH is 1. The van der Waals surface area contributed by atoms with Crippen LogP contribution in [0.3, 0.4) is 0 Å². The molecule has 0 saturated heterocycles. The van der Waals surface area contributed by atoms with Gasteiger partial charge in [0.2, 0.25) is 0 Å². The van der Waals surface area contributed by atoms with Gasteiger partial charge in [-0.05, 0) is 69.1 Å². The fraction of sp³-hybridized carbons (Fsp3) is 0.907. The van der Waals surface area contributed by atoms with Gasteiger partial charge in [0, 0.05) is 25.7 Å². The summed E-state index contributed by atoms with van der Waals surface area (Å²) in [4.78, 5) is 73.2. The monoisotopic (exact) mass is 1530 g/mol. The molecule has 0 aromatic rings. The third-order valence-electron chi connectivity index (χ3n) is 19.5. The Morgan fingerprint density at radius 3 is 0.771 bits per heavy atom. The van der Waals surface area contributed by atoms with Crippen molar-refractivity contribution in [2.45, 2.75) is 446 Å². The molecule has 0 rings (SSSR count). The second-order valence-corrected chi connectivity index (χ2v) is 34.6. The summed E-state index contributed by atoms with van der Waals surface area (Å²) in [5.74, 6) is 0.194. The summed E-state index contributed by atoms with van der Waals surface area (Å²) in [6, 6.07) is 0. The topological polar surface area (TPSA) is 237 Å². The van der Waals surface area contributed by atoms with Crippen LogP contribution >= 0.6 is 15.6 Å². The van der Waals surface area contributed by atoms with Crippen molar-refractivity contribution in [1.29, 1.82) is 0 Å². The molecule has 0 aromatic heterocycles. The fourth-order valence-electron chi connectivity index (χ4n) is 12.8. The van der Waals surface area contributed by atoms with E-state index < -0.39 is 97.5 Å². The van der Waals surface area contributed by atoms with Gasteiger partial charge in [-0.1, -0.05) is 375 Å². The molecule has 0 aliphatic heterocycles. The zero-order valence-electron chi connectivity index (χ0n) is 68.7. The first-order valence-electron chi connectivity index (χ1n) is 43.7. The Kier molecular flexibility index (Phi) is 73.8. The van der Waals surface area contributed by atoms with Crippen molar-refractivity contribution < 1.29 is 80.2 Å². The molecule has 0 aliphatic carbocycles. The summed E-state index contributed by atoms with van der Waals surface area (Å²) in [6.45, 7) is 11.9. The molecule has 0 aliphatic rings. The summed E-state index contributed by atoms with van der Waals surface area (Å²) in [5, 5.41) is 10.7. The second kappa shape index (κ2) is 75.6. The van der Waals surface area contributed by atoms with Gasteiger partial charge in [0.05, 0.1) is 26.4 Å². The van der Waals surface area contributed by atoms with Crippen molar-refractivity contribution in [3.05, 3.63) is 24.3 Å². The summed E-state index contributed by atoms with van der Waals surface area (Å²) in [7, 11) is -9.94. The van der Waals surface area contributed by atoms with Crippen LogP contribution in [-0.4, -0.2) is 96.7 Å². The number of unbranched alkanes of at least 4 members (excludes halogenated alkanes) is 47. The minimum absolute atomic E-state index is 0.101. The molecule has 0 aromatic carbocycles. The van der Waals surface area contributed by atoms with Crippen molar-refractivity contribution in [3.8, 4) is 0 Å². The van der Waals surface area contributed by atoms with E-state index in [-0.39, 0.29) is 25.7 Å². The summed E-state index contributed by atoms with van der Waals surface area (Å²) in [6.07, 6.45) is 69.0. The van der Waals surface area contributed by atoms with Crippen LogP contribution in [0.15, 0.2) is 24.3 Å². The van der Waals surface area contributed by atoms with Gasteiger partial charge in [-0.3, -0.25) is 37.3 Å². The van der Waals surface area contributed by atoms with Crippen LogP contribution in [0.25, 0.3) is 0 Å². The molecular weight excluding hydrogens is 1370 g/mol. The van der Waals surface area contributed by atoms with Crippen molar-refractivity contribution in [2.24, 2.45) is 17.8 Å². The molecule has 0 spiro atoms. The highest BCUT2D eigenvalue weighted by Crippen LogP contribution is 2.45. The molecule has 0 amide bonds. The molecule has 19 heteroatoms. The van der Waals surface area contributed by atoms with E-state index in [9.17, 15) is 43.2 Å². The average Bonchev–Trinajstić information content (AvgIpc) is 0.906. The molecule has 620 valence electrons. The van der Waals surface area contributed by atoms with Crippen molar-refractivity contribution in [2.75, 3.05) is 39.6 Å². The normalized spacial score (nSPS) is 14.0. The van der Waals surface area contributed by atoms with E-state index >= 15 is 0 Å². The third kappa shape index (κ3) is 79.4. The molecule has 3 N–H and O–H groups in total. The molecule has 0 saturated carbocycles. The van der Waals surface area contributed by atoms with E-state index in [1.807, 2.05) is 0 Å². The molecule has 0 radical (unpaired) electrons. The number of allylic oxidation sites excluding steroid dienone is 4. The predicted octanol–water partition coefficient (Wildman–Crippen LogP) is 25.6. The lowest BCUT2D eigenvalue weighted by molar-refractivity contribution is -0.161. The first-order chi connectivity index (χ1) is 50.7. The highest BCUT2D eigenvalue weighted by atomic mass is 31.2. The zero-order valence-corrected chi connectivity index (χ0v) is 70.5. The van der Waals surface area contributed by atoms with Crippen LogP contribution in [0.2, 0.25) is 0 Å². The Morgan fingerprint density at radius 1 is 0.295 bits per heavy atom. The number of hydrogen-bond donors (Lipinski definition) is 3. The fourth-order valence-corrected chi connectivity index (χ4v) is 14.4. The van der Waals surface area contributed by atoms with E-state index in [0.717, 1.165) is 127 Å². The van der Waals surface area contributed by atoms with Gasteiger partial charge in [0.25, 0.3) is 0 Å². The number of aliphatic hydroxyl groups is 1. The number of rotatable bonds is 82. The lowest BCUT2D eigenvalue weighted by atomic mass is 10.0. The Balaban J connectivity index is 5.24. The van der Waals surface area contributed by atoms with E-state index in [2.05, 4.69) is 72.8 Å². The van der Waals surface area contributed by atoms with Gasteiger partial charge in [-0.15, -0.1) is 0 Å². The van der Waals surface area contributed by atoms with Crippen LogP contribution in [0.4, 0.5) is 0 Å². The predicted molar refractivity (Wildman–Crippen MR) is 432 cm³/mol. The lowest BCUT2D eigenvalue weighted by Gasteiger charge is -2.21. The quantitative estimate of drug-likeness (QED) is 0.0169. The van der Waals surface area contributed by atoms with E-state index in [1.54, 1.807) is 0 Å². The average molecular weight is 1530 g/mol. The van der Waals surface area contributed by atoms with Crippen LogP contribution in [-0.2, 0) is 65.4 Å².